The molecule has 1 heterocycles. The molecule has 0 N–H and O–H groups in total. The molecule has 5 heteroatoms. The molecule has 0 aromatic heterocycles. The number of hydrogen-bond donors (Lipinski definition) is 0. The van der Waals surface area contributed by atoms with Crippen LogP contribution in [0, 0.1) is 0 Å². The summed E-state index contributed by atoms with van der Waals surface area (Å²) >= 11 is 6.25. The molecule has 0 fully saturated rings. The van der Waals surface area contributed by atoms with Crippen LogP contribution in [0.5, 0.6) is 0 Å². The number of rotatable bonds is 5. The quantitative estimate of drug-likeness (QED) is 0.469. The summed E-state index contributed by atoms with van der Waals surface area (Å²) in [6.07, 6.45) is 2.07. The molecule has 0 saturated carbocycles. The summed E-state index contributed by atoms with van der Waals surface area (Å²) in [4.78, 5) is 0. The van der Waals surface area contributed by atoms with Gasteiger partial charge in [-0.15, -0.1) is 0 Å². The van der Waals surface area contributed by atoms with Gasteiger partial charge in [0.1, 0.15) is 0 Å². The van der Waals surface area contributed by atoms with Gasteiger partial charge in [0.2, 0.25) is 0 Å². The third kappa shape index (κ3) is 3.54. The second-order valence-electron chi connectivity index (χ2n) is 6.58. The molecule has 3 aromatic rings. The molecule has 0 aliphatic carbocycles. The maximum Gasteiger partial charge on any atom is 0.327 e. The minimum atomic E-state index is -3.35. The Bertz CT molecular complexity index is 1050. The topological polar surface area (TPSA) is 29.5 Å². The van der Waals surface area contributed by atoms with Crippen LogP contribution in [0.1, 0.15) is 23.6 Å². The van der Waals surface area contributed by atoms with Crippen molar-refractivity contribution in [2.24, 2.45) is 0 Å². The Kier molecular flexibility index (Phi) is 5.41. The van der Waals surface area contributed by atoms with Gasteiger partial charge >= 0.3 is 7.52 Å². The predicted molar refractivity (Wildman–Crippen MR) is 117 cm³/mol. The van der Waals surface area contributed by atoms with Gasteiger partial charge in [-0.3, -0.25) is 9.24 Å². The number of halogens is 1. The summed E-state index contributed by atoms with van der Waals surface area (Å²) in [6, 6.07) is 25.5. The van der Waals surface area contributed by atoms with E-state index < -0.39 is 7.52 Å². The lowest BCUT2D eigenvalue weighted by atomic mass is 10.1. The van der Waals surface area contributed by atoms with Gasteiger partial charge in [-0.1, -0.05) is 78.3 Å². The van der Waals surface area contributed by atoms with E-state index in [-0.39, 0.29) is 0 Å². The molecule has 0 amide bonds. The molecule has 0 bridgehead atoms. The smallest absolute Gasteiger partial charge is 0.310 e. The van der Waals surface area contributed by atoms with Gasteiger partial charge in [0.15, 0.2) is 0 Å². The zero-order chi connectivity index (χ0) is 19.6. The monoisotopic (exact) mass is 409 g/mol. The summed E-state index contributed by atoms with van der Waals surface area (Å²) in [5, 5.41) is 1.20. The Morgan fingerprint density at radius 3 is 2.32 bits per heavy atom. The minimum Gasteiger partial charge on any atom is -0.310 e. The van der Waals surface area contributed by atoms with Crippen LogP contribution in [0.4, 0.5) is 0 Å². The fourth-order valence-corrected chi connectivity index (χ4v) is 6.18. The summed E-state index contributed by atoms with van der Waals surface area (Å²) in [5.41, 5.74) is 3.83. The highest BCUT2D eigenvalue weighted by molar-refractivity contribution is 7.65. The van der Waals surface area contributed by atoms with Crippen molar-refractivity contribution >= 4 is 36.2 Å². The first-order valence-electron chi connectivity index (χ1n) is 9.25. The molecule has 28 heavy (non-hydrogen) atoms. The molecular formula is C23H21ClNO2P. The fraction of sp³-hybridized carbons (Fsp3) is 0.130. The summed E-state index contributed by atoms with van der Waals surface area (Å²) in [5.74, 6) is 0. The van der Waals surface area contributed by atoms with E-state index >= 15 is 0 Å². The minimum absolute atomic E-state index is 0.344. The van der Waals surface area contributed by atoms with Crippen molar-refractivity contribution in [3.8, 4) is 0 Å². The van der Waals surface area contributed by atoms with Crippen molar-refractivity contribution in [2.45, 2.75) is 13.5 Å². The zero-order valence-electron chi connectivity index (χ0n) is 15.6. The normalized spacial score (nSPS) is 18.5. The van der Waals surface area contributed by atoms with Gasteiger partial charge in [0.25, 0.3) is 0 Å². The van der Waals surface area contributed by atoms with Gasteiger partial charge in [0.05, 0.1) is 24.2 Å². The van der Waals surface area contributed by atoms with Gasteiger partial charge in [-0.05, 0) is 41.8 Å². The maximum absolute atomic E-state index is 14.3. The molecule has 0 saturated heterocycles. The van der Waals surface area contributed by atoms with Crippen molar-refractivity contribution in [2.75, 3.05) is 6.61 Å². The van der Waals surface area contributed by atoms with E-state index in [4.69, 9.17) is 16.1 Å². The molecular weight excluding hydrogens is 389 g/mol. The second kappa shape index (κ2) is 7.97. The van der Waals surface area contributed by atoms with Gasteiger partial charge in [-0.25, -0.2) is 0 Å². The van der Waals surface area contributed by atoms with E-state index in [2.05, 4.69) is 6.08 Å². The average molecular weight is 410 g/mol. The Morgan fingerprint density at radius 1 is 0.964 bits per heavy atom. The lowest BCUT2D eigenvalue weighted by Crippen LogP contribution is -2.31. The largest absolute Gasteiger partial charge is 0.327 e. The predicted octanol–water partition coefficient (Wildman–Crippen LogP) is 6.21. The van der Waals surface area contributed by atoms with Crippen molar-refractivity contribution in [1.29, 1.82) is 0 Å². The summed E-state index contributed by atoms with van der Waals surface area (Å²) in [6.45, 7) is 2.69. The molecule has 0 spiro atoms. The van der Waals surface area contributed by atoms with Crippen LogP contribution in [-0.4, -0.2) is 11.3 Å². The molecule has 142 valence electrons. The Hall–Kier alpha value is -2.32. The first-order valence-corrected chi connectivity index (χ1v) is 11.2. The second-order valence-corrected chi connectivity index (χ2v) is 9.28. The highest BCUT2D eigenvalue weighted by atomic mass is 35.5. The maximum atomic E-state index is 14.3. The molecule has 4 rings (SSSR count). The van der Waals surface area contributed by atoms with E-state index in [9.17, 15) is 4.57 Å². The van der Waals surface area contributed by atoms with Gasteiger partial charge in [-0.2, -0.15) is 0 Å². The molecule has 1 aliphatic heterocycles. The molecule has 1 atom stereocenters. The van der Waals surface area contributed by atoms with Crippen LogP contribution in [0.15, 0.2) is 78.9 Å². The van der Waals surface area contributed by atoms with Crippen LogP contribution in [0.25, 0.3) is 11.8 Å². The van der Waals surface area contributed by atoms with Crippen molar-refractivity contribution < 1.29 is 9.09 Å². The van der Waals surface area contributed by atoms with Crippen molar-refractivity contribution in [3.05, 3.63) is 101 Å². The molecule has 3 aromatic carbocycles. The molecule has 1 aliphatic rings. The van der Waals surface area contributed by atoms with Crippen LogP contribution < -0.4 is 5.30 Å². The van der Waals surface area contributed by atoms with E-state index in [0.717, 1.165) is 22.4 Å². The van der Waals surface area contributed by atoms with Crippen molar-refractivity contribution in [1.82, 2.24) is 4.67 Å². The average Bonchev–Trinajstić information content (AvgIpc) is 2.72. The van der Waals surface area contributed by atoms with Gasteiger partial charge < -0.3 is 4.52 Å². The van der Waals surface area contributed by atoms with E-state index in [1.54, 1.807) is 6.07 Å². The van der Waals surface area contributed by atoms with Crippen LogP contribution >= 0.6 is 19.1 Å². The lowest BCUT2D eigenvalue weighted by Gasteiger charge is -2.38. The number of hydrogen-bond acceptors (Lipinski definition) is 2. The first-order chi connectivity index (χ1) is 13.6. The molecule has 0 radical (unpaired) electrons. The Labute approximate surface area is 170 Å². The van der Waals surface area contributed by atoms with E-state index in [1.807, 2.05) is 84.4 Å². The fourth-order valence-electron chi connectivity index (χ4n) is 3.47. The van der Waals surface area contributed by atoms with Crippen LogP contribution in [-0.2, 0) is 15.6 Å². The van der Waals surface area contributed by atoms with Gasteiger partial charge in [0, 0.05) is 5.02 Å². The lowest BCUT2D eigenvalue weighted by molar-refractivity contribution is 0.304. The van der Waals surface area contributed by atoms with Crippen LogP contribution in [0.2, 0.25) is 5.02 Å². The molecule has 0 unspecified atom stereocenters. The third-order valence-electron chi connectivity index (χ3n) is 4.73. The van der Waals surface area contributed by atoms with E-state index in [1.165, 1.54) is 0 Å². The third-order valence-corrected chi connectivity index (χ3v) is 7.57. The van der Waals surface area contributed by atoms with Crippen LogP contribution in [0.3, 0.4) is 0 Å². The standard InChI is InChI=1S/C23H21ClNO2P/c1-2-27-28(26)23-16-21(24)14-13-20(23)15-22(19-11-7-4-8-12-19)25(28)17-18-9-5-3-6-10-18/h3-16H,2,17H2,1H3/t28-/m0/s1. The van der Waals surface area contributed by atoms with E-state index in [0.29, 0.717) is 23.5 Å². The summed E-state index contributed by atoms with van der Waals surface area (Å²) < 4.78 is 22.2. The van der Waals surface area contributed by atoms with Crippen molar-refractivity contribution in [3.63, 3.8) is 0 Å². The summed E-state index contributed by atoms with van der Waals surface area (Å²) in [7, 11) is -3.35. The Morgan fingerprint density at radius 2 is 1.64 bits per heavy atom. The highest BCUT2D eigenvalue weighted by Crippen LogP contribution is 2.58. The first kappa shape index (κ1) is 19.0. The number of nitrogens with zero attached hydrogens (tertiary/aromatic N) is 1. The number of fused-ring (bicyclic) bond motifs is 1. The Balaban J connectivity index is 1.93. The highest BCUT2D eigenvalue weighted by Gasteiger charge is 2.40. The SMILES string of the molecule is CCO[P@@]1(=O)c2cc(Cl)ccc2C=C(c2ccccc2)N1Cc1ccccc1. The molecule has 3 nitrogen and oxygen atoms in total. The number of benzene rings is 3. The zero-order valence-corrected chi connectivity index (χ0v) is 17.2.